The van der Waals surface area contributed by atoms with Crippen molar-refractivity contribution in [2.45, 2.75) is 51.0 Å². The molecule has 2 aromatic rings. The molecule has 0 bridgehead atoms. The van der Waals surface area contributed by atoms with Gasteiger partial charge in [-0.15, -0.1) is 0 Å². The molecule has 0 atom stereocenters. The van der Waals surface area contributed by atoms with Gasteiger partial charge < -0.3 is 10.2 Å². The predicted octanol–water partition coefficient (Wildman–Crippen LogP) is 3.80. The number of benzene rings is 2. The third kappa shape index (κ3) is 5.44. The van der Waals surface area contributed by atoms with E-state index in [0.29, 0.717) is 31.8 Å². The van der Waals surface area contributed by atoms with Gasteiger partial charge in [-0.3, -0.25) is 14.5 Å². The van der Waals surface area contributed by atoms with Crippen LogP contribution in [0.5, 0.6) is 0 Å². The summed E-state index contributed by atoms with van der Waals surface area (Å²) in [5, 5.41) is 2.92. The average Bonchev–Trinajstić information content (AvgIpc) is 3.06. The van der Waals surface area contributed by atoms with Crippen molar-refractivity contribution < 1.29 is 14.4 Å². The fraction of sp³-hybridized carbons (Fsp3) is 0.444. The van der Waals surface area contributed by atoms with Crippen molar-refractivity contribution in [3.8, 4) is 0 Å². The van der Waals surface area contributed by atoms with E-state index in [1.54, 1.807) is 4.90 Å². The largest absolute Gasteiger partial charge is 0.340 e. The third-order valence-corrected chi connectivity index (χ3v) is 7.05. The van der Waals surface area contributed by atoms with Crippen LogP contribution in [0.15, 0.2) is 60.7 Å². The fourth-order valence-corrected chi connectivity index (χ4v) is 4.83. The SMILES string of the molecule is CC1CCC2(CC1)NC(=O)N(CC(=O)N(CCc1ccccc1)CCc1ccccc1)C2=O. The lowest BCUT2D eigenvalue weighted by molar-refractivity contribution is -0.139. The lowest BCUT2D eigenvalue weighted by Gasteiger charge is -2.33. The average molecular weight is 448 g/mol. The van der Waals surface area contributed by atoms with Crippen LogP contribution < -0.4 is 5.32 Å². The summed E-state index contributed by atoms with van der Waals surface area (Å²) in [5.74, 6) is 0.132. The highest BCUT2D eigenvalue weighted by molar-refractivity contribution is 6.09. The van der Waals surface area contributed by atoms with E-state index < -0.39 is 11.6 Å². The second-order valence-corrected chi connectivity index (χ2v) is 9.44. The Morgan fingerprint density at radius 1 is 0.939 bits per heavy atom. The van der Waals surface area contributed by atoms with Crippen molar-refractivity contribution in [2.24, 2.45) is 5.92 Å². The molecule has 4 rings (SSSR count). The van der Waals surface area contributed by atoms with Crippen LogP contribution in [0.3, 0.4) is 0 Å². The maximum Gasteiger partial charge on any atom is 0.325 e. The summed E-state index contributed by atoms with van der Waals surface area (Å²) in [5.41, 5.74) is 1.49. The highest BCUT2D eigenvalue weighted by atomic mass is 16.2. The van der Waals surface area contributed by atoms with E-state index in [-0.39, 0.29) is 18.4 Å². The molecule has 4 amide bonds. The van der Waals surface area contributed by atoms with Gasteiger partial charge in [0.25, 0.3) is 5.91 Å². The summed E-state index contributed by atoms with van der Waals surface area (Å²) in [6.45, 7) is 3.06. The minimum atomic E-state index is -0.817. The molecule has 2 aliphatic rings. The highest BCUT2D eigenvalue weighted by Gasteiger charge is 2.52. The molecule has 2 fully saturated rings. The molecular weight excluding hydrogens is 414 g/mol. The summed E-state index contributed by atoms with van der Waals surface area (Å²) < 4.78 is 0. The van der Waals surface area contributed by atoms with Gasteiger partial charge in [-0.05, 0) is 55.6 Å². The first-order valence-corrected chi connectivity index (χ1v) is 12.0. The Kier molecular flexibility index (Phi) is 7.11. The smallest absolute Gasteiger partial charge is 0.325 e. The van der Waals surface area contributed by atoms with Crippen molar-refractivity contribution in [2.75, 3.05) is 19.6 Å². The van der Waals surface area contributed by atoms with E-state index in [2.05, 4.69) is 12.2 Å². The number of hydrogen-bond acceptors (Lipinski definition) is 3. The number of rotatable bonds is 8. The van der Waals surface area contributed by atoms with Crippen molar-refractivity contribution in [1.82, 2.24) is 15.1 Å². The van der Waals surface area contributed by atoms with Crippen molar-refractivity contribution in [3.05, 3.63) is 71.8 Å². The molecule has 0 aromatic heterocycles. The van der Waals surface area contributed by atoms with E-state index in [1.807, 2.05) is 60.7 Å². The van der Waals surface area contributed by atoms with Crippen LogP contribution in [-0.2, 0) is 22.4 Å². The summed E-state index contributed by atoms with van der Waals surface area (Å²) in [7, 11) is 0. The zero-order valence-electron chi connectivity index (χ0n) is 19.3. The quantitative estimate of drug-likeness (QED) is 0.626. The molecule has 2 aromatic carbocycles. The van der Waals surface area contributed by atoms with Crippen molar-refractivity contribution in [1.29, 1.82) is 0 Å². The van der Waals surface area contributed by atoms with Crippen LogP contribution in [0.25, 0.3) is 0 Å². The molecule has 1 heterocycles. The van der Waals surface area contributed by atoms with Gasteiger partial charge in [0.05, 0.1) is 0 Å². The zero-order chi connectivity index (χ0) is 23.3. The Morgan fingerprint density at radius 2 is 1.45 bits per heavy atom. The minimum Gasteiger partial charge on any atom is -0.340 e. The van der Waals surface area contributed by atoms with Crippen LogP contribution in [0, 0.1) is 5.92 Å². The molecule has 0 radical (unpaired) electrons. The maximum absolute atomic E-state index is 13.3. The normalized spacial score (nSPS) is 22.5. The Bertz CT molecular complexity index is 925. The monoisotopic (exact) mass is 447 g/mol. The van der Waals surface area contributed by atoms with Gasteiger partial charge in [0.15, 0.2) is 0 Å². The van der Waals surface area contributed by atoms with Gasteiger partial charge in [0.2, 0.25) is 5.91 Å². The molecule has 1 saturated heterocycles. The minimum absolute atomic E-state index is 0.188. The predicted molar refractivity (Wildman–Crippen MR) is 127 cm³/mol. The van der Waals surface area contributed by atoms with E-state index in [4.69, 9.17) is 0 Å². The van der Waals surface area contributed by atoms with Gasteiger partial charge in [-0.25, -0.2) is 4.79 Å². The van der Waals surface area contributed by atoms with E-state index in [9.17, 15) is 14.4 Å². The summed E-state index contributed by atoms with van der Waals surface area (Å²) in [4.78, 5) is 42.1. The highest BCUT2D eigenvalue weighted by Crippen LogP contribution is 2.36. The fourth-order valence-electron chi connectivity index (χ4n) is 4.83. The van der Waals surface area contributed by atoms with Crippen LogP contribution in [0.4, 0.5) is 4.79 Å². The lowest BCUT2D eigenvalue weighted by atomic mass is 9.77. The van der Waals surface area contributed by atoms with Crippen LogP contribution in [-0.4, -0.2) is 52.8 Å². The van der Waals surface area contributed by atoms with Gasteiger partial charge in [0.1, 0.15) is 12.1 Å². The second kappa shape index (κ2) is 10.2. The standard InChI is InChI=1S/C27H33N3O3/c1-21-12-16-27(17-13-21)25(32)30(26(33)28-27)20-24(31)29(18-14-22-8-4-2-5-9-22)19-15-23-10-6-3-7-11-23/h2-11,21H,12-20H2,1H3,(H,28,33). The Labute approximate surface area is 196 Å². The van der Waals surface area contributed by atoms with E-state index in [0.717, 1.165) is 41.7 Å². The lowest BCUT2D eigenvalue weighted by Crippen LogP contribution is -2.50. The molecule has 1 spiro atoms. The van der Waals surface area contributed by atoms with Gasteiger partial charge in [-0.2, -0.15) is 0 Å². The summed E-state index contributed by atoms with van der Waals surface area (Å²) in [6.07, 6.45) is 4.57. The molecule has 0 unspecified atom stereocenters. The molecule has 1 aliphatic heterocycles. The Balaban J connectivity index is 1.43. The molecular formula is C27H33N3O3. The number of carbonyl (C=O) groups excluding carboxylic acids is 3. The van der Waals surface area contributed by atoms with Crippen molar-refractivity contribution >= 4 is 17.8 Å². The molecule has 1 N–H and O–H groups in total. The number of carbonyl (C=O) groups is 3. The summed E-state index contributed by atoms with van der Waals surface area (Å²) >= 11 is 0. The van der Waals surface area contributed by atoms with Gasteiger partial charge in [0, 0.05) is 13.1 Å². The topological polar surface area (TPSA) is 69.7 Å². The number of amides is 4. The molecule has 1 aliphatic carbocycles. The number of nitrogens with one attached hydrogen (secondary N) is 1. The zero-order valence-corrected chi connectivity index (χ0v) is 19.3. The summed E-state index contributed by atoms with van der Waals surface area (Å²) in [6, 6.07) is 19.7. The first kappa shape index (κ1) is 23.0. The Hall–Kier alpha value is -3.15. The Morgan fingerprint density at radius 3 is 1.97 bits per heavy atom. The molecule has 6 heteroatoms. The van der Waals surface area contributed by atoms with Crippen molar-refractivity contribution in [3.63, 3.8) is 0 Å². The van der Waals surface area contributed by atoms with Gasteiger partial charge >= 0.3 is 6.03 Å². The van der Waals surface area contributed by atoms with Crippen LogP contribution in [0.1, 0.15) is 43.7 Å². The van der Waals surface area contributed by atoms with Crippen LogP contribution in [0.2, 0.25) is 0 Å². The van der Waals surface area contributed by atoms with Crippen LogP contribution >= 0.6 is 0 Å². The molecule has 6 nitrogen and oxygen atoms in total. The third-order valence-electron chi connectivity index (χ3n) is 7.05. The van der Waals surface area contributed by atoms with Gasteiger partial charge in [-0.1, -0.05) is 67.6 Å². The van der Waals surface area contributed by atoms with E-state index in [1.165, 1.54) is 0 Å². The first-order valence-electron chi connectivity index (χ1n) is 12.0. The molecule has 174 valence electrons. The van der Waals surface area contributed by atoms with E-state index >= 15 is 0 Å². The number of nitrogens with zero attached hydrogens (tertiary/aromatic N) is 2. The molecule has 1 saturated carbocycles. The second-order valence-electron chi connectivity index (χ2n) is 9.44. The molecule has 33 heavy (non-hydrogen) atoms. The maximum atomic E-state index is 13.3. The number of hydrogen-bond donors (Lipinski definition) is 1. The first-order chi connectivity index (χ1) is 16.0. The number of imide groups is 1. The number of urea groups is 1.